The Balaban J connectivity index is 1.57. The predicted molar refractivity (Wildman–Crippen MR) is 108 cm³/mol. The number of aromatic nitrogens is 2. The summed E-state index contributed by atoms with van der Waals surface area (Å²) in [5.74, 6) is -1.22. The fourth-order valence-corrected chi connectivity index (χ4v) is 3.71. The zero-order valence-electron chi connectivity index (χ0n) is 16.3. The summed E-state index contributed by atoms with van der Waals surface area (Å²) in [6, 6.07) is 8.48. The monoisotopic (exact) mass is 465 g/mol. The van der Waals surface area contributed by atoms with Gasteiger partial charge < -0.3 is 14.5 Å². The molecule has 0 unspecified atom stereocenters. The highest BCUT2D eigenvalue weighted by Crippen LogP contribution is 2.37. The van der Waals surface area contributed by atoms with Gasteiger partial charge in [-0.15, -0.1) is 0 Å². The molecule has 0 atom stereocenters. The van der Waals surface area contributed by atoms with Crippen molar-refractivity contribution in [2.75, 3.05) is 11.4 Å². The van der Waals surface area contributed by atoms with E-state index in [2.05, 4.69) is 10.1 Å². The molecule has 2 aromatic carbocycles. The Morgan fingerprint density at radius 2 is 1.88 bits per heavy atom. The quantitative estimate of drug-likeness (QED) is 0.579. The van der Waals surface area contributed by atoms with Crippen LogP contribution in [0, 0.1) is 0 Å². The summed E-state index contributed by atoms with van der Waals surface area (Å²) >= 11 is 5.65. The number of hydrogen-bond donors (Lipinski definition) is 1. The van der Waals surface area contributed by atoms with Crippen LogP contribution >= 0.6 is 11.6 Å². The standard InChI is InChI=1S/C21H15ClF3N3O4/c22-15-3-1-13(10-14(15)21(23,24)25)20-26-19(27-32-20)12-2-4-16-11(9-12)7-8-28(16)17(29)5-6-18(30)31/h1-4,9-10H,5-8H2,(H,30,31). The first-order valence-corrected chi connectivity index (χ1v) is 9.87. The first-order valence-electron chi connectivity index (χ1n) is 9.50. The van der Waals surface area contributed by atoms with Crippen LogP contribution in [0.5, 0.6) is 0 Å². The fourth-order valence-electron chi connectivity index (χ4n) is 3.48. The number of hydrogen-bond acceptors (Lipinski definition) is 5. The molecule has 2 heterocycles. The summed E-state index contributed by atoms with van der Waals surface area (Å²) in [5, 5.41) is 12.2. The minimum atomic E-state index is -4.62. The number of carboxylic acids is 1. The topological polar surface area (TPSA) is 96.5 Å². The maximum absolute atomic E-state index is 13.1. The molecule has 0 radical (unpaired) electrons. The first kappa shape index (κ1) is 21.8. The molecule has 3 aromatic rings. The highest BCUT2D eigenvalue weighted by atomic mass is 35.5. The lowest BCUT2D eigenvalue weighted by atomic mass is 10.1. The zero-order chi connectivity index (χ0) is 23.0. The molecule has 1 amide bonds. The van der Waals surface area contributed by atoms with Crippen molar-refractivity contribution in [3.05, 3.63) is 52.5 Å². The van der Waals surface area contributed by atoms with Gasteiger partial charge in [-0.25, -0.2) is 0 Å². The van der Waals surface area contributed by atoms with Crippen molar-refractivity contribution >= 4 is 29.2 Å². The van der Waals surface area contributed by atoms with Gasteiger partial charge in [-0.05, 0) is 48.4 Å². The maximum Gasteiger partial charge on any atom is 0.417 e. The van der Waals surface area contributed by atoms with Crippen LogP contribution in [0.4, 0.5) is 18.9 Å². The van der Waals surface area contributed by atoms with E-state index in [-0.39, 0.29) is 36.0 Å². The molecule has 1 aliphatic rings. The van der Waals surface area contributed by atoms with E-state index in [1.165, 1.54) is 11.0 Å². The van der Waals surface area contributed by atoms with Gasteiger partial charge in [0.25, 0.3) is 5.89 Å². The molecule has 0 saturated carbocycles. The fraction of sp³-hybridized carbons (Fsp3) is 0.238. The van der Waals surface area contributed by atoms with Crippen molar-refractivity contribution < 1.29 is 32.4 Å². The van der Waals surface area contributed by atoms with Gasteiger partial charge in [0.05, 0.1) is 17.0 Å². The van der Waals surface area contributed by atoms with Crippen molar-refractivity contribution in [3.63, 3.8) is 0 Å². The largest absolute Gasteiger partial charge is 0.481 e. The van der Waals surface area contributed by atoms with Crippen LogP contribution < -0.4 is 4.90 Å². The molecule has 1 N–H and O–H groups in total. The Labute approximate surface area is 184 Å². The molecule has 0 spiro atoms. The third-order valence-electron chi connectivity index (χ3n) is 5.03. The minimum Gasteiger partial charge on any atom is -0.481 e. The van der Waals surface area contributed by atoms with Crippen molar-refractivity contribution in [3.8, 4) is 22.8 Å². The number of alkyl halides is 3. The SMILES string of the molecule is O=C(O)CCC(=O)N1CCc2cc(-c3noc(-c4ccc(Cl)c(C(F)(F)F)c4)n3)ccc21. The number of nitrogens with zero attached hydrogens (tertiary/aromatic N) is 3. The first-order chi connectivity index (χ1) is 15.1. The normalized spacial score (nSPS) is 13.3. The summed E-state index contributed by atoms with van der Waals surface area (Å²) in [5.41, 5.74) is 1.19. The van der Waals surface area contributed by atoms with Gasteiger partial charge in [0, 0.05) is 29.8 Å². The van der Waals surface area contributed by atoms with E-state index >= 15 is 0 Å². The molecule has 4 rings (SSSR count). The Kier molecular flexibility index (Phi) is 5.64. The Hall–Kier alpha value is -3.40. The number of benzene rings is 2. The molecule has 7 nitrogen and oxygen atoms in total. The Morgan fingerprint density at radius 1 is 1.12 bits per heavy atom. The molecule has 32 heavy (non-hydrogen) atoms. The number of rotatable bonds is 5. The van der Waals surface area contributed by atoms with Crippen molar-refractivity contribution in [1.82, 2.24) is 10.1 Å². The van der Waals surface area contributed by atoms with Crippen molar-refractivity contribution in [2.24, 2.45) is 0 Å². The maximum atomic E-state index is 13.1. The van der Waals surface area contributed by atoms with Crippen molar-refractivity contribution in [1.29, 1.82) is 0 Å². The van der Waals surface area contributed by atoms with E-state index in [1.54, 1.807) is 18.2 Å². The predicted octanol–water partition coefficient (Wildman–Crippen LogP) is 4.83. The minimum absolute atomic E-state index is 0.0804. The molecular weight excluding hydrogens is 451 g/mol. The smallest absolute Gasteiger partial charge is 0.417 e. The molecule has 166 valence electrons. The number of carboxylic acid groups (broad SMARTS) is 1. The number of anilines is 1. The molecule has 1 aliphatic heterocycles. The van der Waals surface area contributed by atoms with Gasteiger partial charge in [-0.3, -0.25) is 9.59 Å². The average molecular weight is 466 g/mol. The summed E-state index contributed by atoms with van der Waals surface area (Å²) in [6.45, 7) is 0.430. The number of aliphatic carboxylic acids is 1. The third-order valence-corrected chi connectivity index (χ3v) is 5.36. The van der Waals surface area contributed by atoms with Gasteiger partial charge >= 0.3 is 12.1 Å². The van der Waals surface area contributed by atoms with Crippen molar-refractivity contribution in [2.45, 2.75) is 25.4 Å². The molecule has 1 aromatic heterocycles. The van der Waals surface area contributed by atoms with E-state index in [1.807, 2.05) is 0 Å². The zero-order valence-corrected chi connectivity index (χ0v) is 17.1. The summed E-state index contributed by atoms with van der Waals surface area (Å²) in [4.78, 5) is 28.7. The number of carbonyl (C=O) groups excluding carboxylic acids is 1. The molecule has 0 saturated heterocycles. The van der Waals surface area contributed by atoms with Gasteiger partial charge in [-0.2, -0.15) is 18.2 Å². The van der Waals surface area contributed by atoms with E-state index in [4.69, 9.17) is 21.2 Å². The van der Waals surface area contributed by atoms with E-state index < -0.39 is 22.7 Å². The van der Waals surface area contributed by atoms with E-state index in [0.717, 1.165) is 17.7 Å². The lowest BCUT2D eigenvalue weighted by Gasteiger charge is -2.16. The van der Waals surface area contributed by atoms with Crippen LogP contribution in [0.3, 0.4) is 0 Å². The van der Waals surface area contributed by atoms with Gasteiger partial charge in [0.2, 0.25) is 11.7 Å². The van der Waals surface area contributed by atoms with Crippen LogP contribution in [0.2, 0.25) is 5.02 Å². The second-order valence-electron chi connectivity index (χ2n) is 7.15. The highest BCUT2D eigenvalue weighted by Gasteiger charge is 2.34. The van der Waals surface area contributed by atoms with Gasteiger partial charge in [-0.1, -0.05) is 16.8 Å². The van der Waals surface area contributed by atoms with Crippen LogP contribution in [0.25, 0.3) is 22.8 Å². The second kappa shape index (κ2) is 8.27. The number of fused-ring (bicyclic) bond motifs is 1. The van der Waals surface area contributed by atoms with E-state index in [0.29, 0.717) is 24.2 Å². The van der Waals surface area contributed by atoms with E-state index in [9.17, 15) is 22.8 Å². The van der Waals surface area contributed by atoms with Gasteiger partial charge in [0.15, 0.2) is 0 Å². The lowest BCUT2D eigenvalue weighted by molar-refractivity contribution is -0.138. The summed E-state index contributed by atoms with van der Waals surface area (Å²) in [7, 11) is 0. The average Bonchev–Trinajstić information content (AvgIpc) is 3.38. The molecular formula is C21H15ClF3N3O4. The Morgan fingerprint density at radius 3 is 2.59 bits per heavy atom. The van der Waals surface area contributed by atoms with Crippen LogP contribution in [0.1, 0.15) is 24.0 Å². The Bertz CT molecular complexity index is 1210. The third kappa shape index (κ3) is 4.31. The van der Waals surface area contributed by atoms with Crippen LogP contribution in [-0.4, -0.2) is 33.7 Å². The highest BCUT2D eigenvalue weighted by molar-refractivity contribution is 6.31. The summed E-state index contributed by atoms with van der Waals surface area (Å²) < 4.78 is 44.5. The number of carbonyl (C=O) groups is 2. The molecule has 11 heteroatoms. The summed E-state index contributed by atoms with van der Waals surface area (Å²) in [6.07, 6.45) is -4.39. The molecule has 0 aliphatic carbocycles. The lowest BCUT2D eigenvalue weighted by Crippen LogP contribution is -2.29. The number of amides is 1. The molecule has 0 fully saturated rings. The van der Waals surface area contributed by atoms with Crippen LogP contribution in [0.15, 0.2) is 40.9 Å². The molecule has 0 bridgehead atoms. The second-order valence-corrected chi connectivity index (χ2v) is 7.56. The number of halogens is 4. The van der Waals surface area contributed by atoms with Crippen LogP contribution in [-0.2, 0) is 22.2 Å². The van der Waals surface area contributed by atoms with Gasteiger partial charge in [0.1, 0.15) is 0 Å².